The molecule has 1 aliphatic carbocycles. The molecule has 0 saturated heterocycles. The Hall–Kier alpha value is -1.06. The minimum atomic E-state index is 0.245. The Kier molecular flexibility index (Phi) is 3.23. The zero-order chi connectivity index (χ0) is 10.7. The van der Waals surface area contributed by atoms with Gasteiger partial charge in [-0.25, -0.2) is 0 Å². The average molecular weight is 207 g/mol. The molecule has 0 bridgehead atoms. The van der Waals surface area contributed by atoms with Gasteiger partial charge in [0.05, 0.1) is 6.54 Å². The molecule has 1 aromatic rings. The molecule has 2 rings (SSSR count). The van der Waals surface area contributed by atoms with Gasteiger partial charge in [0, 0.05) is 18.6 Å². The zero-order valence-corrected chi connectivity index (χ0v) is 8.94. The summed E-state index contributed by atoms with van der Waals surface area (Å²) in [5.74, 6) is 2.23. The number of hydrogen-bond donors (Lipinski definition) is 2. The first kappa shape index (κ1) is 10.5. The largest absolute Gasteiger partial charge is 0.465 e. The molecule has 2 atom stereocenters. The lowest BCUT2D eigenvalue weighted by Crippen LogP contribution is -2.25. The van der Waals surface area contributed by atoms with E-state index in [1.165, 1.54) is 0 Å². The maximum atomic E-state index is 8.97. The lowest BCUT2D eigenvalue weighted by molar-refractivity contribution is 0.246. The fourth-order valence-corrected chi connectivity index (χ4v) is 1.87. The molecule has 0 amide bonds. The van der Waals surface area contributed by atoms with Crippen molar-refractivity contribution < 1.29 is 9.52 Å². The predicted octanol–water partition coefficient (Wildman–Crippen LogP) is 1.61. The van der Waals surface area contributed by atoms with Crippen LogP contribution in [0.2, 0.25) is 0 Å². The maximum absolute atomic E-state index is 8.97. The molecule has 0 radical (unpaired) electrons. The number of hydrogen-bond acceptors (Lipinski definition) is 3. The van der Waals surface area contributed by atoms with Crippen LogP contribution in [-0.4, -0.2) is 17.8 Å². The molecular formula is C12H17NO2. The van der Waals surface area contributed by atoms with E-state index < -0.39 is 0 Å². The van der Waals surface area contributed by atoms with Crippen molar-refractivity contribution in [1.82, 2.24) is 5.32 Å². The van der Waals surface area contributed by atoms with Gasteiger partial charge in [-0.05, 0) is 25.5 Å². The first-order valence-electron chi connectivity index (χ1n) is 5.36. The molecule has 1 aliphatic rings. The topological polar surface area (TPSA) is 45.4 Å². The van der Waals surface area contributed by atoms with E-state index in [0.29, 0.717) is 12.0 Å². The molecule has 1 heterocycles. The van der Waals surface area contributed by atoms with Gasteiger partial charge in [0.1, 0.15) is 11.5 Å². The number of aryl methyl sites for hydroxylation is 1. The van der Waals surface area contributed by atoms with E-state index in [-0.39, 0.29) is 6.61 Å². The van der Waals surface area contributed by atoms with E-state index in [4.69, 9.17) is 9.52 Å². The molecule has 15 heavy (non-hydrogen) atoms. The van der Waals surface area contributed by atoms with E-state index >= 15 is 0 Å². The fraction of sp³-hybridized carbons (Fsp3) is 0.500. The smallest absolute Gasteiger partial charge is 0.117 e. The molecule has 0 aromatic carbocycles. The Balaban J connectivity index is 1.78. The molecule has 82 valence electrons. The highest BCUT2D eigenvalue weighted by molar-refractivity contribution is 5.08. The average Bonchev–Trinajstić information content (AvgIpc) is 2.83. The summed E-state index contributed by atoms with van der Waals surface area (Å²) in [5.41, 5.74) is 0. The summed E-state index contributed by atoms with van der Waals surface area (Å²) >= 11 is 0. The second-order valence-corrected chi connectivity index (χ2v) is 4.06. The Bertz CT molecular complexity index is 343. The molecule has 0 spiro atoms. The highest BCUT2D eigenvalue weighted by atomic mass is 16.3. The van der Waals surface area contributed by atoms with Gasteiger partial charge in [0.15, 0.2) is 0 Å². The van der Waals surface area contributed by atoms with Crippen LogP contribution in [0.15, 0.2) is 28.7 Å². The van der Waals surface area contributed by atoms with Crippen molar-refractivity contribution in [2.24, 2.45) is 5.92 Å². The third-order valence-corrected chi connectivity index (χ3v) is 2.74. The van der Waals surface area contributed by atoms with E-state index in [1.807, 2.05) is 19.1 Å². The molecule has 0 saturated carbocycles. The zero-order valence-electron chi connectivity index (χ0n) is 8.94. The highest BCUT2D eigenvalue weighted by Gasteiger charge is 2.17. The number of rotatable bonds is 4. The van der Waals surface area contributed by atoms with Crippen LogP contribution in [0.5, 0.6) is 0 Å². The monoisotopic (exact) mass is 207 g/mol. The lowest BCUT2D eigenvalue weighted by atomic mass is 10.1. The summed E-state index contributed by atoms with van der Waals surface area (Å²) in [7, 11) is 0. The van der Waals surface area contributed by atoms with Crippen molar-refractivity contribution in [3.05, 3.63) is 35.8 Å². The summed E-state index contributed by atoms with van der Waals surface area (Å²) in [6.07, 6.45) is 5.18. The van der Waals surface area contributed by atoms with Gasteiger partial charge >= 0.3 is 0 Å². The summed E-state index contributed by atoms with van der Waals surface area (Å²) in [4.78, 5) is 0. The van der Waals surface area contributed by atoms with Crippen LogP contribution in [-0.2, 0) is 6.54 Å². The number of furan rings is 1. The Labute approximate surface area is 89.8 Å². The first-order valence-corrected chi connectivity index (χ1v) is 5.36. The Morgan fingerprint density at radius 1 is 1.47 bits per heavy atom. The van der Waals surface area contributed by atoms with Crippen LogP contribution in [0.4, 0.5) is 0 Å². The molecule has 0 fully saturated rings. The van der Waals surface area contributed by atoms with Crippen molar-refractivity contribution >= 4 is 0 Å². The second kappa shape index (κ2) is 4.64. The van der Waals surface area contributed by atoms with Gasteiger partial charge in [-0.2, -0.15) is 0 Å². The SMILES string of the molecule is Cc1ccc(CN[C@@H]2C=C[C@H](CO)C2)o1. The number of aliphatic hydroxyl groups is 1. The molecule has 3 nitrogen and oxygen atoms in total. The lowest BCUT2D eigenvalue weighted by Gasteiger charge is -2.11. The molecule has 3 heteroatoms. The number of nitrogens with one attached hydrogen (secondary N) is 1. The highest BCUT2D eigenvalue weighted by Crippen LogP contribution is 2.17. The first-order chi connectivity index (χ1) is 7.28. The Morgan fingerprint density at radius 2 is 2.33 bits per heavy atom. The minimum Gasteiger partial charge on any atom is -0.465 e. The summed E-state index contributed by atoms with van der Waals surface area (Å²) in [6, 6.07) is 4.33. The summed E-state index contributed by atoms with van der Waals surface area (Å²) in [5, 5.41) is 12.4. The molecular weight excluding hydrogens is 190 g/mol. The summed E-state index contributed by atoms with van der Waals surface area (Å²) < 4.78 is 5.46. The van der Waals surface area contributed by atoms with Crippen molar-refractivity contribution in [2.45, 2.75) is 25.9 Å². The van der Waals surface area contributed by atoms with Gasteiger partial charge in [-0.1, -0.05) is 12.2 Å². The standard InChI is InChI=1S/C12H17NO2/c1-9-2-5-12(15-9)7-13-11-4-3-10(6-11)8-14/h2-5,10-11,13-14H,6-8H2,1H3/t10-,11+/m0/s1. The molecule has 2 N–H and O–H groups in total. The van der Waals surface area contributed by atoms with Crippen LogP contribution in [0.25, 0.3) is 0 Å². The van der Waals surface area contributed by atoms with Gasteiger partial charge in [-0.3, -0.25) is 0 Å². The third-order valence-electron chi connectivity index (χ3n) is 2.74. The number of aliphatic hydroxyl groups excluding tert-OH is 1. The van der Waals surface area contributed by atoms with Crippen LogP contribution >= 0.6 is 0 Å². The van der Waals surface area contributed by atoms with Crippen molar-refractivity contribution in [3.63, 3.8) is 0 Å². The van der Waals surface area contributed by atoms with Crippen molar-refractivity contribution in [2.75, 3.05) is 6.61 Å². The van der Waals surface area contributed by atoms with E-state index in [9.17, 15) is 0 Å². The predicted molar refractivity (Wildman–Crippen MR) is 58.4 cm³/mol. The van der Waals surface area contributed by atoms with Crippen LogP contribution in [0.1, 0.15) is 17.9 Å². The van der Waals surface area contributed by atoms with Gasteiger partial charge in [0.2, 0.25) is 0 Å². The normalized spacial score (nSPS) is 24.9. The second-order valence-electron chi connectivity index (χ2n) is 4.06. The fourth-order valence-electron chi connectivity index (χ4n) is 1.87. The summed E-state index contributed by atoms with van der Waals surface area (Å²) in [6.45, 7) is 2.94. The third kappa shape index (κ3) is 2.70. The Morgan fingerprint density at radius 3 is 2.93 bits per heavy atom. The van der Waals surface area contributed by atoms with Gasteiger partial charge < -0.3 is 14.8 Å². The molecule has 0 unspecified atom stereocenters. The van der Waals surface area contributed by atoms with Gasteiger partial charge in [0.25, 0.3) is 0 Å². The van der Waals surface area contributed by atoms with Crippen LogP contribution < -0.4 is 5.32 Å². The van der Waals surface area contributed by atoms with Crippen molar-refractivity contribution in [1.29, 1.82) is 0 Å². The molecule has 0 aliphatic heterocycles. The quantitative estimate of drug-likeness (QED) is 0.737. The molecule has 1 aromatic heterocycles. The minimum absolute atomic E-state index is 0.245. The van der Waals surface area contributed by atoms with E-state index in [2.05, 4.69) is 17.5 Å². The van der Waals surface area contributed by atoms with Gasteiger partial charge in [-0.15, -0.1) is 0 Å². The van der Waals surface area contributed by atoms with E-state index in [1.54, 1.807) is 0 Å². The van der Waals surface area contributed by atoms with Crippen molar-refractivity contribution in [3.8, 4) is 0 Å². The maximum Gasteiger partial charge on any atom is 0.117 e. The van der Waals surface area contributed by atoms with E-state index in [0.717, 1.165) is 24.5 Å². The van der Waals surface area contributed by atoms with Crippen LogP contribution in [0.3, 0.4) is 0 Å². The van der Waals surface area contributed by atoms with Crippen LogP contribution in [0, 0.1) is 12.8 Å².